The number of carbonyl (C=O) groups is 2. The van der Waals surface area contributed by atoms with Gasteiger partial charge in [0, 0.05) is 17.5 Å². The Morgan fingerprint density at radius 3 is 2.56 bits per heavy atom. The molecule has 2 N–H and O–H groups in total. The van der Waals surface area contributed by atoms with Gasteiger partial charge in [-0.2, -0.15) is 0 Å². The van der Waals surface area contributed by atoms with Crippen molar-refractivity contribution in [2.45, 2.75) is 98.8 Å². The molecular weight excluding hydrogens is 398 g/mol. The van der Waals surface area contributed by atoms with Crippen LogP contribution in [-0.2, 0) is 9.59 Å². The van der Waals surface area contributed by atoms with Crippen molar-refractivity contribution in [3.8, 4) is 0 Å². The number of allylic oxidation sites excluding steroid dienone is 2. The maximum absolute atomic E-state index is 12.2. The van der Waals surface area contributed by atoms with Gasteiger partial charge in [0.2, 0.25) is 5.91 Å². The van der Waals surface area contributed by atoms with Gasteiger partial charge in [-0.3, -0.25) is 9.59 Å². The Hall–Kier alpha value is -1.32. The fourth-order valence-corrected chi connectivity index (χ4v) is 8.76. The second-order valence-corrected chi connectivity index (χ2v) is 12.6. The largest absolute Gasteiger partial charge is 0.481 e. The van der Waals surface area contributed by atoms with E-state index in [0.29, 0.717) is 29.6 Å². The number of hydrogen-bond donors (Lipinski definition) is 2. The van der Waals surface area contributed by atoms with Crippen LogP contribution < -0.4 is 5.32 Å². The van der Waals surface area contributed by atoms with Crippen molar-refractivity contribution >= 4 is 11.9 Å². The quantitative estimate of drug-likeness (QED) is 0.477. The second kappa shape index (κ2) is 8.80. The van der Waals surface area contributed by atoms with E-state index in [1.807, 2.05) is 0 Å². The van der Waals surface area contributed by atoms with E-state index in [2.05, 4.69) is 46.0 Å². The number of hydrogen-bond acceptors (Lipinski definition) is 2. The molecule has 32 heavy (non-hydrogen) atoms. The van der Waals surface area contributed by atoms with Gasteiger partial charge in [0.25, 0.3) is 0 Å². The Kier molecular flexibility index (Phi) is 6.55. The molecule has 1 saturated heterocycles. The van der Waals surface area contributed by atoms with Crippen LogP contribution in [0.15, 0.2) is 11.8 Å². The van der Waals surface area contributed by atoms with Crippen LogP contribution >= 0.6 is 0 Å². The van der Waals surface area contributed by atoms with Gasteiger partial charge in [-0.05, 0) is 78.9 Å². The summed E-state index contributed by atoms with van der Waals surface area (Å²) in [6.45, 7) is 12.0. The zero-order chi connectivity index (χ0) is 23.3. The minimum atomic E-state index is -0.708. The lowest BCUT2D eigenvalue weighted by atomic mass is 9.46. The summed E-state index contributed by atoms with van der Waals surface area (Å²) in [7, 11) is 0. The molecule has 4 nitrogen and oxygen atoms in total. The number of piperidine rings is 1. The lowest BCUT2D eigenvalue weighted by molar-refractivity contribution is -0.140. The van der Waals surface area contributed by atoms with Gasteiger partial charge in [0.1, 0.15) is 0 Å². The molecule has 4 rings (SSSR count). The second-order valence-electron chi connectivity index (χ2n) is 12.6. The highest BCUT2D eigenvalue weighted by Crippen LogP contribution is 2.67. The molecule has 6 unspecified atom stereocenters. The first-order valence-corrected chi connectivity index (χ1v) is 13.3. The van der Waals surface area contributed by atoms with Gasteiger partial charge in [-0.15, -0.1) is 0 Å². The van der Waals surface area contributed by atoms with Crippen LogP contribution in [0.2, 0.25) is 0 Å². The smallest absolute Gasteiger partial charge is 0.303 e. The van der Waals surface area contributed by atoms with Crippen LogP contribution in [0, 0.1) is 52.3 Å². The Morgan fingerprint density at radius 1 is 1.12 bits per heavy atom. The van der Waals surface area contributed by atoms with E-state index in [0.717, 1.165) is 29.9 Å². The fraction of sp³-hybridized carbons (Fsp3) is 0.857. The van der Waals surface area contributed by atoms with Crippen molar-refractivity contribution in [1.82, 2.24) is 5.32 Å². The Morgan fingerprint density at radius 2 is 1.88 bits per heavy atom. The highest BCUT2D eigenvalue weighted by molar-refractivity contribution is 5.79. The number of carboxylic acids is 1. The summed E-state index contributed by atoms with van der Waals surface area (Å²) >= 11 is 0. The number of carboxylic acid groups (broad SMARTS) is 1. The first-order valence-electron chi connectivity index (χ1n) is 13.3. The maximum atomic E-state index is 12.2. The van der Waals surface area contributed by atoms with Crippen LogP contribution in [0.4, 0.5) is 0 Å². The molecule has 1 aliphatic heterocycles. The van der Waals surface area contributed by atoms with Gasteiger partial charge in [-0.25, -0.2) is 0 Å². The Labute approximate surface area is 195 Å². The third-order valence-corrected chi connectivity index (χ3v) is 10.4. The topological polar surface area (TPSA) is 66.4 Å². The number of amides is 1. The van der Waals surface area contributed by atoms with E-state index < -0.39 is 5.97 Å². The molecule has 180 valence electrons. The van der Waals surface area contributed by atoms with Crippen molar-refractivity contribution < 1.29 is 14.7 Å². The molecule has 0 aromatic heterocycles. The van der Waals surface area contributed by atoms with Crippen LogP contribution in [0.5, 0.6) is 0 Å². The molecule has 0 bridgehead atoms. The summed E-state index contributed by atoms with van der Waals surface area (Å²) < 4.78 is 0. The summed E-state index contributed by atoms with van der Waals surface area (Å²) in [5.74, 6) is 3.24. The number of nitrogens with one attached hydrogen (secondary N) is 1. The molecule has 2 saturated carbocycles. The average molecular weight is 444 g/mol. The van der Waals surface area contributed by atoms with E-state index in [4.69, 9.17) is 0 Å². The lowest BCUT2D eigenvalue weighted by Crippen LogP contribution is -2.56. The number of aliphatic carboxylic acids is 1. The van der Waals surface area contributed by atoms with Crippen LogP contribution in [0.25, 0.3) is 0 Å². The molecule has 4 aliphatic rings. The predicted octanol–water partition coefficient (Wildman–Crippen LogP) is 6.41. The van der Waals surface area contributed by atoms with Gasteiger partial charge < -0.3 is 10.4 Å². The van der Waals surface area contributed by atoms with Crippen molar-refractivity contribution in [3.63, 3.8) is 0 Å². The third-order valence-electron chi connectivity index (χ3n) is 10.4. The molecular formula is C28H45NO3. The lowest BCUT2D eigenvalue weighted by Gasteiger charge is -2.59. The van der Waals surface area contributed by atoms with Gasteiger partial charge in [0.05, 0.1) is 6.42 Å². The van der Waals surface area contributed by atoms with Crippen LogP contribution in [0.3, 0.4) is 0 Å². The fourth-order valence-electron chi connectivity index (χ4n) is 8.76. The normalized spacial score (nSPS) is 41.9. The monoisotopic (exact) mass is 443 g/mol. The molecule has 1 amide bonds. The van der Waals surface area contributed by atoms with E-state index in [1.54, 1.807) is 0 Å². The van der Waals surface area contributed by atoms with E-state index in [1.165, 1.54) is 44.9 Å². The van der Waals surface area contributed by atoms with Crippen molar-refractivity contribution in [1.29, 1.82) is 0 Å². The molecule has 0 aromatic rings. The molecule has 0 radical (unpaired) electrons. The van der Waals surface area contributed by atoms with Gasteiger partial charge in [0.15, 0.2) is 0 Å². The first kappa shape index (κ1) is 23.8. The predicted molar refractivity (Wildman–Crippen MR) is 128 cm³/mol. The number of rotatable bonds is 7. The highest BCUT2D eigenvalue weighted by atomic mass is 16.4. The van der Waals surface area contributed by atoms with Crippen LogP contribution in [-0.4, -0.2) is 17.0 Å². The molecule has 3 aliphatic carbocycles. The van der Waals surface area contributed by atoms with Crippen molar-refractivity contribution in [3.05, 3.63) is 11.8 Å². The Bertz CT molecular complexity index is 773. The molecule has 0 aromatic carbocycles. The minimum Gasteiger partial charge on any atom is -0.481 e. The van der Waals surface area contributed by atoms with Gasteiger partial charge >= 0.3 is 5.97 Å². The number of fused-ring (bicyclic) bond motifs is 5. The first-order chi connectivity index (χ1) is 15.1. The SMILES string of the molecule is CC(C)CCCC(C)C1CCC2C3C(CC(=O)O)C=C4NC(=O)CC[C@]4(C)C3CC[C@]12C. The molecule has 3 fully saturated rings. The minimum absolute atomic E-state index is 0.00409. The maximum Gasteiger partial charge on any atom is 0.303 e. The summed E-state index contributed by atoms with van der Waals surface area (Å²) in [6.07, 6.45) is 12.8. The molecule has 1 heterocycles. The third kappa shape index (κ3) is 4.05. The van der Waals surface area contributed by atoms with E-state index in [9.17, 15) is 14.7 Å². The van der Waals surface area contributed by atoms with Crippen molar-refractivity contribution in [2.24, 2.45) is 52.3 Å². The van der Waals surface area contributed by atoms with E-state index >= 15 is 0 Å². The van der Waals surface area contributed by atoms with Crippen molar-refractivity contribution in [2.75, 3.05) is 0 Å². The zero-order valence-corrected chi connectivity index (χ0v) is 21.0. The molecule has 0 spiro atoms. The van der Waals surface area contributed by atoms with E-state index in [-0.39, 0.29) is 23.7 Å². The highest BCUT2D eigenvalue weighted by Gasteiger charge is 2.61. The van der Waals surface area contributed by atoms with Crippen LogP contribution in [0.1, 0.15) is 98.8 Å². The summed E-state index contributed by atoms with van der Waals surface area (Å²) in [5.41, 5.74) is 1.35. The standard InChI is InChI=1S/C28H45NO3/c1-17(2)7-6-8-18(3)20-9-10-21-26-19(16-25(31)32)15-23-28(5,14-12-24(30)29-23)22(26)11-13-27(20,21)4/h15,17-22,26H,6-14,16H2,1-5H3,(H,29,30)(H,31,32)/t18?,19?,20?,21?,22?,26?,27-,28-/m1/s1. The molecule has 4 heteroatoms. The zero-order valence-electron chi connectivity index (χ0n) is 21.0. The summed E-state index contributed by atoms with van der Waals surface area (Å²) in [5, 5.41) is 12.9. The summed E-state index contributed by atoms with van der Waals surface area (Å²) in [4.78, 5) is 24.0. The number of carbonyl (C=O) groups excluding carboxylic acids is 1. The average Bonchev–Trinajstić information content (AvgIpc) is 3.05. The Balaban J connectivity index is 1.61. The van der Waals surface area contributed by atoms with Gasteiger partial charge in [-0.1, -0.05) is 60.0 Å². The molecule has 8 atom stereocenters. The summed E-state index contributed by atoms with van der Waals surface area (Å²) in [6, 6.07) is 0.